The van der Waals surface area contributed by atoms with E-state index in [4.69, 9.17) is 16.6 Å². The Balaban J connectivity index is 1.83. The van der Waals surface area contributed by atoms with Crippen LogP contribution >= 0.6 is 12.2 Å². The summed E-state index contributed by atoms with van der Waals surface area (Å²) in [4.78, 5) is 11.9. The highest BCUT2D eigenvalue weighted by molar-refractivity contribution is 7.80. The van der Waals surface area contributed by atoms with Crippen molar-refractivity contribution in [1.82, 2.24) is 16.2 Å². The first-order valence-electron chi connectivity index (χ1n) is 6.54. The van der Waals surface area contributed by atoms with Gasteiger partial charge in [0, 0.05) is 0 Å². The molecule has 2 rings (SSSR count). The zero-order valence-electron chi connectivity index (χ0n) is 11.8. The van der Waals surface area contributed by atoms with Crippen molar-refractivity contribution in [1.29, 1.82) is 0 Å². The van der Waals surface area contributed by atoms with Gasteiger partial charge in [0.1, 0.15) is 5.76 Å². The maximum absolute atomic E-state index is 11.9. The number of hydrogen-bond acceptors (Lipinski definition) is 3. The van der Waals surface area contributed by atoms with Gasteiger partial charge >= 0.3 is 0 Å². The van der Waals surface area contributed by atoms with Crippen LogP contribution in [0, 0.1) is 6.92 Å². The zero-order chi connectivity index (χ0) is 15.2. The molecule has 0 radical (unpaired) electrons. The Morgan fingerprint density at radius 1 is 1.19 bits per heavy atom. The maximum atomic E-state index is 11.9. The van der Waals surface area contributed by atoms with Gasteiger partial charge in [-0.3, -0.25) is 15.6 Å². The van der Waals surface area contributed by atoms with Gasteiger partial charge in [0.2, 0.25) is 0 Å². The molecular formula is C15H17N3O2S. The molecule has 5 nitrogen and oxygen atoms in total. The summed E-state index contributed by atoms with van der Waals surface area (Å²) in [5, 5.41) is 3.44. The van der Waals surface area contributed by atoms with Gasteiger partial charge in [0.15, 0.2) is 5.11 Å². The Hall–Kier alpha value is -2.34. The molecule has 1 aromatic carbocycles. The number of carbonyl (C=O) groups excluding carboxylic acids is 1. The van der Waals surface area contributed by atoms with Crippen molar-refractivity contribution < 1.29 is 9.21 Å². The SMILES string of the molecule is Cc1occc1C(=O)NNC(=S)N[C@@H](C)c1ccccc1. The number of benzene rings is 1. The van der Waals surface area contributed by atoms with Crippen LogP contribution in [0.3, 0.4) is 0 Å². The number of rotatable bonds is 3. The van der Waals surface area contributed by atoms with Gasteiger partial charge in [0.05, 0.1) is 17.9 Å². The molecule has 0 unspecified atom stereocenters. The zero-order valence-corrected chi connectivity index (χ0v) is 12.7. The third kappa shape index (κ3) is 4.06. The topological polar surface area (TPSA) is 66.3 Å². The minimum Gasteiger partial charge on any atom is -0.469 e. The van der Waals surface area contributed by atoms with Crippen molar-refractivity contribution in [3.05, 3.63) is 59.5 Å². The molecule has 1 atom stereocenters. The summed E-state index contributed by atoms with van der Waals surface area (Å²) in [6, 6.07) is 11.6. The first kappa shape index (κ1) is 15.1. The van der Waals surface area contributed by atoms with Gasteiger partial charge in [-0.05, 0) is 37.7 Å². The molecule has 1 heterocycles. The molecule has 0 bridgehead atoms. The second kappa shape index (κ2) is 6.90. The number of amides is 1. The molecule has 0 aliphatic heterocycles. The number of nitrogens with one attached hydrogen (secondary N) is 3. The molecule has 0 aliphatic carbocycles. The fourth-order valence-electron chi connectivity index (χ4n) is 1.86. The van der Waals surface area contributed by atoms with E-state index in [1.807, 2.05) is 37.3 Å². The van der Waals surface area contributed by atoms with Crippen molar-refractivity contribution in [2.75, 3.05) is 0 Å². The Bertz CT molecular complexity index is 625. The molecule has 0 saturated carbocycles. The highest BCUT2D eigenvalue weighted by Gasteiger charge is 2.12. The Morgan fingerprint density at radius 2 is 1.90 bits per heavy atom. The van der Waals surface area contributed by atoms with E-state index in [-0.39, 0.29) is 11.9 Å². The van der Waals surface area contributed by atoms with E-state index in [2.05, 4.69) is 16.2 Å². The van der Waals surface area contributed by atoms with Gasteiger partial charge in [-0.2, -0.15) is 0 Å². The van der Waals surface area contributed by atoms with Crippen LogP contribution in [0.4, 0.5) is 0 Å². The van der Waals surface area contributed by atoms with Gasteiger partial charge in [-0.25, -0.2) is 0 Å². The highest BCUT2D eigenvalue weighted by Crippen LogP contribution is 2.10. The lowest BCUT2D eigenvalue weighted by Crippen LogP contribution is -2.47. The quantitative estimate of drug-likeness (QED) is 0.600. The summed E-state index contributed by atoms with van der Waals surface area (Å²) in [6.07, 6.45) is 1.47. The minimum absolute atomic E-state index is 0.0405. The number of thiocarbonyl (C=S) groups is 1. The summed E-state index contributed by atoms with van der Waals surface area (Å²) in [6.45, 7) is 3.72. The Morgan fingerprint density at radius 3 is 2.52 bits per heavy atom. The molecule has 2 aromatic rings. The summed E-state index contributed by atoms with van der Waals surface area (Å²) in [7, 11) is 0. The van der Waals surface area contributed by atoms with Crippen LogP contribution < -0.4 is 16.2 Å². The van der Waals surface area contributed by atoms with E-state index < -0.39 is 0 Å². The molecular weight excluding hydrogens is 286 g/mol. The van der Waals surface area contributed by atoms with Crippen LogP contribution in [0.25, 0.3) is 0 Å². The van der Waals surface area contributed by atoms with Gasteiger partial charge in [-0.15, -0.1) is 0 Å². The Kier molecular flexibility index (Phi) is 4.94. The summed E-state index contributed by atoms with van der Waals surface area (Å²) in [5.41, 5.74) is 6.79. The van der Waals surface area contributed by atoms with Crippen LogP contribution in [-0.2, 0) is 0 Å². The monoisotopic (exact) mass is 303 g/mol. The van der Waals surface area contributed by atoms with Crippen molar-refractivity contribution in [3.63, 3.8) is 0 Å². The molecule has 0 spiro atoms. The van der Waals surface area contributed by atoms with Crippen LogP contribution in [0.1, 0.15) is 34.6 Å². The Labute approximate surface area is 128 Å². The lowest BCUT2D eigenvalue weighted by atomic mass is 10.1. The van der Waals surface area contributed by atoms with Crippen LogP contribution in [0.2, 0.25) is 0 Å². The van der Waals surface area contributed by atoms with Crippen molar-refractivity contribution in [2.45, 2.75) is 19.9 Å². The number of hydrogen-bond donors (Lipinski definition) is 3. The second-order valence-corrected chi connectivity index (χ2v) is 4.98. The smallest absolute Gasteiger partial charge is 0.273 e. The average Bonchev–Trinajstić information content (AvgIpc) is 2.92. The van der Waals surface area contributed by atoms with E-state index >= 15 is 0 Å². The maximum Gasteiger partial charge on any atom is 0.273 e. The second-order valence-electron chi connectivity index (χ2n) is 4.58. The van der Waals surface area contributed by atoms with E-state index in [0.29, 0.717) is 16.4 Å². The lowest BCUT2D eigenvalue weighted by Gasteiger charge is -2.17. The highest BCUT2D eigenvalue weighted by atomic mass is 32.1. The average molecular weight is 303 g/mol. The molecule has 3 N–H and O–H groups in total. The lowest BCUT2D eigenvalue weighted by molar-refractivity contribution is 0.0942. The molecule has 0 saturated heterocycles. The molecule has 1 aromatic heterocycles. The standard InChI is InChI=1S/C15H17N3O2S/c1-10(12-6-4-3-5-7-12)16-15(21)18-17-14(19)13-8-9-20-11(13)2/h3-10H,1-2H3,(H,17,19)(H2,16,18,21)/t10-/m0/s1. The molecule has 0 aliphatic rings. The number of furan rings is 1. The largest absolute Gasteiger partial charge is 0.469 e. The van der Waals surface area contributed by atoms with E-state index in [1.54, 1.807) is 13.0 Å². The van der Waals surface area contributed by atoms with E-state index in [9.17, 15) is 4.79 Å². The van der Waals surface area contributed by atoms with Crippen molar-refractivity contribution in [2.24, 2.45) is 0 Å². The van der Waals surface area contributed by atoms with E-state index in [0.717, 1.165) is 5.56 Å². The first-order valence-corrected chi connectivity index (χ1v) is 6.94. The molecule has 6 heteroatoms. The molecule has 110 valence electrons. The predicted molar refractivity (Wildman–Crippen MR) is 84.6 cm³/mol. The minimum atomic E-state index is -0.294. The van der Waals surface area contributed by atoms with Crippen LogP contribution in [0.5, 0.6) is 0 Å². The number of carbonyl (C=O) groups is 1. The van der Waals surface area contributed by atoms with Crippen molar-refractivity contribution >= 4 is 23.2 Å². The van der Waals surface area contributed by atoms with Gasteiger partial charge in [-0.1, -0.05) is 30.3 Å². The summed E-state index contributed by atoms with van der Waals surface area (Å²) in [5.74, 6) is 0.267. The van der Waals surface area contributed by atoms with Crippen LogP contribution in [0.15, 0.2) is 47.1 Å². The third-order valence-electron chi connectivity index (χ3n) is 3.04. The molecule has 21 heavy (non-hydrogen) atoms. The van der Waals surface area contributed by atoms with Gasteiger partial charge < -0.3 is 9.73 Å². The van der Waals surface area contributed by atoms with Crippen molar-refractivity contribution in [3.8, 4) is 0 Å². The first-order chi connectivity index (χ1) is 10.1. The molecule has 1 amide bonds. The third-order valence-corrected chi connectivity index (χ3v) is 3.26. The number of hydrazine groups is 1. The fourth-order valence-corrected chi connectivity index (χ4v) is 2.09. The predicted octanol–water partition coefficient (Wildman–Crippen LogP) is 2.46. The number of aryl methyl sites for hydroxylation is 1. The molecule has 0 fully saturated rings. The fraction of sp³-hybridized carbons (Fsp3) is 0.200. The van der Waals surface area contributed by atoms with Gasteiger partial charge in [0.25, 0.3) is 5.91 Å². The summed E-state index contributed by atoms with van der Waals surface area (Å²) < 4.78 is 5.08. The normalized spacial score (nSPS) is 11.5. The van der Waals surface area contributed by atoms with Crippen LogP contribution in [-0.4, -0.2) is 11.0 Å². The summed E-state index contributed by atoms with van der Waals surface area (Å²) >= 11 is 5.15. The van der Waals surface area contributed by atoms with E-state index in [1.165, 1.54) is 6.26 Å².